The van der Waals surface area contributed by atoms with Crippen molar-refractivity contribution in [1.82, 2.24) is 5.32 Å². The van der Waals surface area contributed by atoms with Gasteiger partial charge in [0.25, 0.3) is 6.43 Å². The highest BCUT2D eigenvalue weighted by Gasteiger charge is 2.19. The lowest BCUT2D eigenvalue weighted by atomic mass is 9.89. The summed E-state index contributed by atoms with van der Waals surface area (Å²) in [5.41, 5.74) is 0. The summed E-state index contributed by atoms with van der Waals surface area (Å²) in [5, 5.41) is 3.08. The molecule has 1 aliphatic carbocycles. The van der Waals surface area contributed by atoms with E-state index in [0.29, 0.717) is 12.5 Å². The van der Waals surface area contributed by atoms with Gasteiger partial charge in [0.1, 0.15) is 6.61 Å². The summed E-state index contributed by atoms with van der Waals surface area (Å²) in [6.07, 6.45) is 1.74. The van der Waals surface area contributed by atoms with Gasteiger partial charge in [-0.2, -0.15) is 0 Å². The second-order valence-corrected chi connectivity index (χ2v) is 5.26. The fraction of sp³-hybridized carbons (Fsp3) is 0.917. The smallest absolute Gasteiger partial charge is 0.261 e. The molecule has 0 bridgehead atoms. The van der Waals surface area contributed by atoms with Gasteiger partial charge in [-0.25, -0.2) is 8.78 Å². The average Bonchev–Trinajstić information content (AvgIpc) is 2.34. The molecule has 0 saturated heterocycles. The van der Waals surface area contributed by atoms with Gasteiger partial charge >= 0.3 is 0 Å². The van der Waals surface area contributed by atoms with E-state index in [1.807, 2.05) is 0 Å². The van der Waals surface area contributed by atoms with Gasteiger partial charge in [0.15, 0.2) is 0 Å². The highest BCUT2D eigenvalue weighted by Crippen LogP contribution is 2.26. The molecular formula is C12H20ClF2NO2. The summed E-state index contributed by atoms with van der Waals surface area (Å²) < 4.78 is 28.1. The highest BCUT2D eigenvalue weighted by molar-refractivity contribution is 6.20. The molecule has 0 radical (unpaired) electrons. The van der Waals surface area contributed by atoms with Gasteiger partial charge in [-0.05, 0) is 31.6 Å². The Kier molecular flexibility index (Phi) is 7.51. The lowest BCUT2D eigenvalue weighted by Gasteiger charge is -2.25. The molecule has 1 rings (SSSR count). The Labute approximate surface area is 111 Å². The predicted octanol–water partition coefficient (Wildman–Crippen LogP) is 2.57. The molecular weight excluding hydrogens is 264 g/mol. The Morgan fingerprint density at radius 1 is 1.33 bits per heavy atom. The monoisotopic (exact) mass is 283 g/mol. The Morgan fingerprint density at radius 3 is 2.61 bits per heavy atom. The van der Waals surface area contributed by atoms with Crippen molar-refractivity contribution < 1.29 is 18.3 Å². The van der Waals surface area contributed by atoms with E-state index in [-0.39, 0.29) is 24.3 Å². The SMILES string of the molecule is O=C(CCOCC(F)F)NCC1CCC(Cl)CC1. The summed E-state index contributed by atoms with van der Waals surface area (Å²) in [4.78, 5) is 11.4. The molecule has 1 saturated carbocycles. The van der Waals surface area contributed by atoms with Crippen molar-refractivity contribution in [2.24, 2.45) is 5.92 Å². The molecule has 0 aliphatic heterocycles. The van der Waals surface area contributed by atoms with E-state index in [0.717, 1.165) is 25.7 Å². The summed E-state index contributed by atoms with van der Waals surface area (Å²) in [6.45, 7) is 0.0922. The minimum atomic E-state index is -2.47. The second-order valence-electron chi connectivity index (χ2n) is 4.64. The standard InChI is InChI=1S/C12H20ClF2NO2/c13-10-3-1-9(2-4-10)7-16-12(17)5-6-18-8-11(14)15/h9-11H,1-8H2,(H,16,17). The molecule has 106 valence electrons. The van der Waals surface area contributed by atoms with Gasteiger partial charge < -0.3 is 10.1 Å². The molecule has 0 heterocycles. The van der Waals surface area contributed by atoms with E-state index in [4.69, 9.17) is 11.6 Å². The average molecular weight is 284 g/mol. The number of halogens is 3. The fourth-order valence-corrected chi connectivity index (χ4v) is 2.26. The molecule has 18 heavy (non-hydrogen) atoms. The van der Waals surface area contributed by atoms with Crippen LogP contribution in [-0.4, -0.2) is 37.5 Å². The summed E-state index contributed by atoms with van der Waals surface area (Å²) >= 11 is 5.99. The maximum Gasteiger partial charge on any atom is 0.261 e. The number of nitrogens with one attached hydrogen (secondary N) is 1. The number of hydrogen-bond acceptors (Lipinski definition) is 2. The Balaban J connectivity index is 1.99. The lowest BCUT2D eigenvalue weighted by molar-refractivity contribution is -0.122. The van der Waals surface area contributed by atoms with Gasteiger partial charge in [-0.3, -0.25) is 4.79 Å². The van der Waals surface area contributed by atoms with E-state index in [2.05, 4.69) is 10.1 Å². The molecule has 0 spiro atoms. The highest BCUT2D eigenvalue weighted by atomic mass is 35.5. The number of amides is 1. The van der Waals surface area contributed by atoms with Crippen molar-refractivity contribution in [3.8, 4) is 0 Å². The van der Waals surface area contributed by atoms with Crippen LogP contribution in [-0.2, 0) is 9.53 Å². The number of rotatable bonds is 7. The quantitative estimate of drug-likeness (QED) is 0.576. The van der Waals surface area contributed by atoms with Crippen molar-refractivity contribution in [2.75, 3.05) is 19.8 Å². The summed E-state index contributed by atoms with van der Waals surface area (Å²) in [7, 11) is 0. The molecule has 6 heteroatoms. The first kappa shape index (κ1) is 15.6. The van der Waals surface area contributed by atoms with Gasteiger partial charge in [-0.1, -0.05) is 0 Å². The third-order valence-electron chi connectivity index (χ3n) is 3.08. The summed E-state index contributed by atoms with van der Waals surface area (Å²) in [5.74, 6) is 0.350. The van der Waals surface area contributed by atoms with E-state index >= 15 is 0 Å². The van der Waals surface area contributed by atoms with Crippen LogP contribution in [0.25, 0.3) is 0 Å². The zero-order valence-electron chi connectivity index (χ0n) is 10.3. The molecule has 0 aromatic heterocycles. The number of hydrogen-bond donors (Lipinski definition) is 1. The van der Waals surface area contributed by atoms with Crippen LogP contribution in [0.15, 0.2) is 0 Å². The molecule has 0 aromatic rings. The van der Waals surface area contributed by atoms with E-state index < -0.39 is 13.0 Å². The van der Waals surface area contributed by atoms with E-state index in [1.165, 1.54) is 0 Å². The zero-order valence-corrected chi connectivity index (χ0v) is 11.1. The minimum Gasteiger partial charge on any atom is -0.375 e. The maximum absolute atomic E-state index is 11.7. The Hall–Kier alpha value is -0.420. The van der Waals surface area contributed by atoms with Crippen molar-refractivity contribution in [2.45, 2.75) is 43.9 Å². The van der Waals surface area contributed by atoms with Crippen molar-refractivity contribution >= 4 is 17.5 Å². The van der Waals surface area contributed by atoms with Crippen LogP contribution in [0.1, 0.15) is 32.1 Å². The number of ether oxygens (including phenoxy) is 1. The normalized spacial score (nSPS) is 24.2. The molecule has 1 aliphatic rings. The van der Waals surface area contributed by atoms with Crippen LogP contribution >= 0.6 is 11.6 Å². The van der Waals surface area contributed by atoms with Crippen molar-refractivity contribution in [3.63, 3.8) is 0 Å². The van der Waals surface area contributed by atoms with E-state index in [1.54, 1.807) is 0 Å². The van der Waals surface area contributed by atoms with Crippen LogP contribution in [0.4, 0.5) is 8.78 Å². The van der Waals surface area contributed by atoms with Crippen LogP contribution in [0.3, 0.4) is 0 Å². The molecule has 1 N–H and O–H groups in total. The third kappa shape index (κ3) is 7.11. The van der Waals surface area contributed by atoms with Gasteiger partial charge in [0, 0.05) is 18.3 Å². The maximum atomic E-state index is 11.7. The van der Waals surface area contributed by atoms with Gasteiger partial charge in [0.05, 0.1) is 6.61 Å². The van der Waals surface area contributed by atoms with Crippen LogP contribution in [0.2, 0.25) is 0 Å². The first-order valence-corrected chi connectivity index (χ1v) is 6.78. The van der Waals surface area contributed by atoms with Crippen LogP contribution < -0.4 is 5.32 Å². The first-order chi connectivity index (χ1) is 8.58. The van der Waals surface area contributed by atoms with Gasteiger partial charge in [-0.15, -0.1) is 11.6 Å². The summed E-state index contributed by atoms with van der Waals surface area (Å²) in [6, 6.07) is 0. The van der Waals surface area contributed by atoms with Crippen molar-refractivity contribution in [1.29, 1.82) is 0 Å². The molecule has 0 unspecified atom stereocenters. The topological polar surface area (TPSA) is 38.3 Å². The van der Waals surface area contributed by atoms with Gasteiger partial charge in [0.2, 0.25) is 5.91 Å². The lowest BCUT2D eigenvalue weighted by Crippen LogP contribution is -2.32. The second kappa shape index (κ2) is 8.64. The van der Waals surface area contributed by atoms with E-state index in [9.17, 15) is 13.6 Å². The number of carbonyl (C=O) groups excluding carboxylic acids is 1. The molecule has 1 fully saturated rings. The predicted molar refractivity (Wildman–Crippen MR) is 66.0 cm³/mol. The fourth-order valence-electron chi connectivity index (χ4n) is 2.01. The van der Waals surface area contributed by atoms with Crippen molar-refractivity contribution in [3.05, 3.63) is 0 Å². The van der Waals surface area contributed by atoms with Crippen LogP contribution in [0.5, 0.6) is 0 Å². The number of alkyl halides is 3. The molecule has 0 aromatic carbocycles. The Morgan fingerprint density at radius 2 is 2.00 bits per heavy atom. The molecule has 0 atom stereocenters. The first-order valence-electron chi connectivity index (χ1n) is 6.34. The Bertz CT molecular complexity index is 246. The molecule has 3 nitrogen and oxygen atoms in total. The number of carbonyl (C=O) groups is 1. The largest absolute Gasteiger partial charge is 0.375 e. The third-order valence-corrected chi connectivity index (χ3v) is 3.52. The van der Waals surface area contributed by atoms with Crippen LogP contribution in [0, 0.1) is 5.92 Å². The minimum absolute atomic E-state index is 0.0462. The molecule has 1 amide bonds. The zero-order chi connectivity index (χ0) is 13.4.